The third kappa shape index (κ3) is 3.97. The molecule has 6 nitrogen and oxygen atoms in total. The lowest BCUT2D eigenvalue weighted by Gasteiger charge is -2.44. The fraction of sp³-hybridized carbons (Fsp3) is 0.357. The zero-order valence-electron chi connectivity index (χ0n) is 21.4. The number of benzene rings is 2. The van der Waals surface area contributed by atoms with E-state index < -0.39 is 20.0 Å². The second kappa shape index (κ2) is 9.38. The normalized spacial score (nSPS) is 12.4. The number of carbonyl (C=O) groups is 1. The van der Waals surface area contributed by atoms with Gasteiger partial charge in [-0.2, -0.15) is 4.57 Å². The zero-order valence-corrected chi connectivity index (χ0v) is 22.4. The maximum atomic E-state index is 13.3. The molecule has 0 aliphatic rings. The predicted octanol–water partition coefficient (Wildman–Crippen LogP) is 6.87. The van der Waals surface area contributed by atoms with Crippen LogP contribution >= 0.6 is 0 Å². The summed E-state index contributed by atoms with van der Waals surface area (Å²) in [5.41, 5.74) is 4.73. The van der Waals surface area contributed by atoms with Gasteiger partial charge in [0.2, 0.25) is 0 Å². The van der Waals surface area contributed by atoms with Gasteiger partial charge in [-0.1, -0.05) is 84.0 Å². The van der Waals surface area contributed by atoms with Crippen LogP contribution in [0.3, 0.4) is 0 Å². The molecule has 0 saturated heterocycles. The summed E-state index contributed by atoms with van der Waals surface area (Å²) in [6.45, 7) is 14.2. The first-order valence-electron chi connectivity index (χ1n) is 12.3. The molecule has 0 saturated carbocycles. The first kappa shape index (κ1) is 24.8. The molecular weight excluding hydrogens is 454 g/mol. The molecule has 2 aromatic carbocycles. The van der Waals surface area contributed by atoms with Gasteiger partial charge in [-0.15, -0.1) is 0 Å². The lowest BCUT2D eigenvalue weighted by atomic mass is 10.1. The van der Waals surface area contributed by atoms with Gasteiger partial charge in [0, 0.05) is 17.3 Å². The van der Waals surface area contributed by atoms with Crippen molar-refractivity contribution in [2.75, 3.05) is 0 Å². The lowest BCUT2D eigenvalue weighted by molar-refractivity contribution is 0.196. The second-order valence-electron chi connectivity index (χ2n) is 10.3. The van der Waals surface area contributed by atoms with Gasteiger partial charge in [-0.3, -0.25) is 4.57 Å². The Morgan fingerprint density at radius 1 is 0.886 bits per heavy atom. The molecule has 0 unspecified atom stereocenters. The highest BCUT2D eigenvalue weighted by atomic mass is 28.3. The molecular formula is C28H35N3O3Si. The van der Waals surface area contributed by atoms with Gasteiger partial charge in [-0.25, -0.2) is 9.59 Å². The van der Waals surface area contributed by atoms with E-state index in [0.717, 1.165) is 21.3 Å². The fourth-order valence-corrected chi connectivity index (χ4v) is 12.8. The van der Waals surface area contributed by atoms with Gasteiger partial charge in [-0.05, 0) is 40.5 Å². The van der Waals surface area contributed by atoms with Crippen molar-refractivity contribution in [3.8, 4) is 11.1 Å². The Balaban J connectivity index is 1.94. The average Bonchev–Trinajstić information content (AvgIpc) is 3.38. The lowest BCUT2D eigenvalue weighted by Crippen LogP contribution is -2.51. The summed E-state index contributed by atoms with van der Waals surface area (Å²) < 4.78 is 4.88. The molecule has 35 heavy (non-hydrogen) atoms. The monoisotopic (exact) mass is 489 g/mol. The molecule has 0 bridgehead atoms. The minimum absolute atomic E-state index is 0.311. The number of hydrogen-bond acceptors (Lipinski definition) is 2. The van der Waals surface area contributed by atoms with Crippen molar-refractivity contribution in [1.29, 1.82) is 0 Å². The highest BCUT2D eigenvalue weighted by molar-refractivity contribution is 6.82. The molecule has 184 valence electrons. The number of aromatic nitrogens is 3. The van der Waals surface area contributed by atoms with Crippen molar-refractivity contribution in [3.63, 3.8) is 0 Å². The van der Waals surface area contributed by atoms with Crippen LogP contribution < -0.4 is 5.69 Å². The van der Waals surface area contributed by atoms with Gasteiger partial charge in [0.25, 0.3) is 0 Å². The van der Waals surface area contributed by atoms with Crippen LogP contribution in [-0.4, -0.2) is 32.8 Å². The molecule has 0 fully saturated rings. The zero-order chi connectivity index (χ0) is 25.5. The van der Waals surface area contributed by atoms with Gasteiger partial charge in [0.1, 0.15) is 0 Å². The van der Waals surface area contributed by atoms with Crippen LogP contribution in [-0.2, 0) is 6.54 Å². The highest BCUT2D eigenvalue weighted by Gasteiger charge is 2.45. The van der Waals surface area contributed by atoms with Crippen LogP contribution in [0.25, 0.3) is 22.2 Å². The topological polar surface area (TPSA) is 69.2 Å². The summed E-state index contributed by atoms with van der Waals surface area (Å²) in [6, 6.07) is 17.3. The quantitative estimate of drug-likeness (QED) is 0.288. The number of fused-ring (bicyclic) bond motifs is 1. The summed E-state index contributed by atoms with van der Waals surface area (Å²) in [6.07, 6.45) is 3.06. The first-order chi connectivity index (χ1) is 16.6. The number of hydrogen-bond donors (Lipinski definition) is 1. The minimum Gasteiger partial charge on any atom is -0.464 e. The molecule has 1 N–H and O–H groups in total. The van der Waals surface area contributed by atoms with Crippen molar-refractivity contribution >= 4 is 25.4 Å². The van der Waals surface area contributed by atoms with Gasteiger partial charge in [0.15, 0.2) is 8.24 Å². The third-order valence-electron chi connectivity index (χ3n) is 7.55. The van der Waals surface area contributed by atoms with Gasteiger partial charge < -0.3 is 9.34 Å². The number of imidazole rings is 1. The van der Waals surface area contributed by atoms with E-state index in [-0.39, 0.29) is 0 Å². The standard InChI is InChI=1S/C28H35N3O3Si/c1-19(2)35(20(3)4,21(5)6)29-16-15-23(18-29)24-13-10-14-25-26(24)31(28(33)34)27(32)30(25)17-22-11-8-7-9-12-22/h7-16,18-21H,17H2,1-6H3,(H,33,34). The molecule has 7 heteroatoms. The summed E-state index contributed by atoms with van der Waals surface area (Å²) >= 11 is 0. The van der Waals surface area contributed by atoms with Crippen molar-refractivity contribution in [2.45, 2.75) is 64.7 Å². The SMILES string of the molecule is CC(C)[Si](C(C)C)(C(C)C)n1ccc(-c2cccc3c2n(C(=O)O)c(=O)n3Cc2ccccc2)c1. The van der Waals surface area contributed by atoms with Crippen molar-refractivity contribution < 1.29 is 9.90 Å². The van der Waals surface area contributed by atoms with Crippen LogP contribution in [0.4, 0.5) is 4.79 Å². The van der Waals surface area contributed by atoms with Gasteiger partial charge in [0.05, 0.1) is 17.6 Å². The van der Waals surface area contributed by atoms with Crippen LogP contribution in [0.5, 0.6) is 0 Å². The summed E-state index contributed by atoms with van der Waals surface area (Å²) in [5.74, 6) is 0. The van der Waals surface area contributed by atoms with Crippen molar-refractivity contribution in [1.82, 2.24) is 13.4 Å². The summed E-state index contributed by atoms with van der Waals surface area (Å²) in [7, 11) is -1.95. The van der Waals surface area contributed by atoms with E-state index in [1.807, 2.05) is 48.5 Å². The molecule has 2 heterocycles. The number of rotatable bonds is 7. The van der Waals surface area contributed by atoms with Crippen LogP contribution in [0.1, 0.15) is 47.1 Å². The second-order valence-corrected chi connectivity index (χ2v) is 16.1. The van der Waals surface area contributed by atoms with Gasteiger partial charge >= 0.3 is 11.8 Å². The molecule has 0 spiro atoms. The maximum Gasteiger partial charge on any atom is 0.420 e. The molecule has 0 atom stereocenters. The molecule has 0 amide bonds. The Kier molecular flexibility index (Phi) is 6.64. The predicted molar refractivity (Wildman–Crippen MR) is 145 cm³/mol. The third-order valence-corrected chi connectivity index (χ3v) is 14.3. The summed E-state index contributed by atoms with van der Waals surface area (Å²) in [4.78, 5) is 25.6. The van der Waals surface area contributed by atoms with E-state index in [9.17, 15) is 14.7 Å². The largest absolute Gasteiger partial charge is 0.464 e. The molecule has 2 aromatic heterocycles. The van der Waals surface area contributed by atoms with E-state index >= 15 is 0 Å². The van der Waals surface area contributed by atoms with Crippen molar-refractivity contribution in [2.24, 2.45) is 0 Å². The fourth-order valence-electron chi connectivity index (χ4n) is 6.32. The van der Waals surface area contributed by atoms with Crippen molar-refractivity contribution in [3.05, 3.63) is 83.0 Å². The molecule has 4 aromatic rings. The molecule has 0 aliphatic heterocycles. The Morgan fingerprint density at radius 3 is 2.09 bits per heavy atom. The van der Waals surface area contributed by atoms with Crippen LogP contribution in [0.15, 0.2) is 71.8 Å². The Morgan fingerprint density at radius 2 is 1.51 bits per heavy atom. The Bertz CT molecular complexity index is 1390. The smallest absolute Gasteiger partial charge is 0.420 e. The average molecular weight is 490 g/mol. The highest BCUT2D eigenvalue weighted by Crippen LogP contribution is 2.43. The van der Waals surface area contributed by atoms with Crippen LogP contribution in [0, 0.1) is 0 Å². The molecule has 4 rings (SSSR count). The van der Waals surface area contributed by atoms with Crippen LogP contribution in [0.2, 0.25) is 16.6 Å². The number of para-hydroxylation sites is 1. The molecule has 0 aliphatic carbocycles. The van der Waals surface area contributed by atoms with E-state index in [4.69, 9.17) is 0 Å². The first-order valence-corrected chi connectivity index (χ1v) is 14.5. The van der Waals surface area contributed by atoms with E-state index in [1.165, 1.54) is 0 Å². The Labute approximate surface area is 207 Å². The maximum absolute atomic E-state index is 13.3. The minimum atomic E-state index is -1.95. The van der Waals surface area contributed by atoms with E-state index in [2.05, 4.69) is 64.2 Å². The molecule has 0 radical (unpaired) electrons. The number of nitrogens with zero attached hydrogens (tertiary/aromatic N) is 3. The summed E-state index contributed by atoms with van der Waals surface area (Å²) in [5, 5.41) is 10.0. The number of carboxylic acid groups (broad SMARTS) is 1. The van der Waals surface area contributed by atoms with E-state index in [0.29, 0.717) is 34.2 Å². The Hall–Kier alpha value is -3.32. The van der Waals surface area contributed by atoms with E-state index in [1.54, 1.807) is 4.57 Å².